The molecule has 1 aliphatic heterocycles. The van der Waals surface area contributed by atoms with Gasteiger partial charge < -0.3 is 45.1 Å². The third-order valence-electron chi connectivity index (χ3n) is 13.5. The van der Waals surface area contributed by atoms with Gasteiger partial charge in [0, 0.05) is 25.6 Å². The molecule has 1 fully saturated rings. The van der Waals surface area contributed by atoms with Crippen molar-refractivity contribution in [1.82, 2.24) is 9.55 Å². The number of hydrogen-bond acceptors (Lipinski definition) is 16. The zero-order chi connectivity index (χ0) is 57.1. The monoisotopic (exact) mass is 1140 g/mol. The summed E-state index contributed by atoms with van der Waals surface area (Å²) in [7, 11) is -10.9. The lowest BCUT2D eigenvalue weighted by atomic mass is 9.99. The second-order valence-electron chi connectivity index (χ2n) is 20.5. The number of aliphatic hydroxyl groups is 3. The third kappa shape index (κ3) is 36.1. The van der Waals surface area contributed by atoms with Crippen LogP contribution in [-0.2, 0) is 46.3 Å². The van der Waals surface area contributed by atoms with E-state index >= 15 is 0 Å². The Bertz CT molecular complexity index is 2020. The molecule has 3 unspecified atom stereocenters. The zero-order valence-electron chi connectivity index (χ0n) is 47.1. The van der Waals surface area contributed by atoms with Crippen molar-refractivity contribution < 1.29 is 71.4 Å². The highest BCUT2D eigenvalue weighted by atomic mass is 31.3. The first kappa shape index (κ1) is 70.8. The van der Waals surface area contributed by atoms with Crippen LogP contribution in [0.5, 0.6) is 0 Å². The van der Waals surface area contributed by atoms with Gasteiger partial charge in [0.25, 0.3) is 0 Å². The van der Waals surface area contributed by atoms with Crippen LogP contribution in [0.4, 0.5) is 5.82 Å². The molecule has 0 aliphatic carbocycles. The van der Waals surface area contributed by atoms with Gasteiger partial charge in [-0.15, -0.1) is 0 Å². The second-order valence-corrected chi connectivity index (χ2v) is 23.5. The van der Waals surface area contributed by atoms with E-state index < -0.39 is 83.7 Å². The van der Waals surface area contributed by atoms with E-state index in [0.717, 1.165) is 87.3 Å². The summed E-state index contributed by atoms with van der Waals surface area (Å²) in [6, 6.07) is 1.25. The molecule has 1 aromatic heterocycles. The van der Waals surface area contributed by atoms with E-state index in [1.54, 1.807) is 0 Å². The number of allylic oxidation sites excluding steroid dienone is 8. The molecule has 0 bridgehead atoms. The van der Waals surface area contributed by atoms with Gasteiger partial charge in [-0.05, 0) is 69.8 Å². The van der Waals surface area contributed by atoms with Crippen molar-refractivity contribution in [2.24, 2.45) is 5.92 Å². The van der Waals surface area contributed by atoms with Crippen molar-refractivity contribution >= 4 is 33.4 Å². The molecule has 0 amide bonds. The maximum absolute atomic E-state index is 12.9. The van der Waals surface area contributed by atoms with Gasteiger partial charge in [0.1, 0.15) is 30.7 Å². The molecule has 0 spiro atoms. The molecule has 0 saturated carbocycles. The maximum Gasteiger partial charge on any atom is 0.481 e. The van der Waals surface area contributed by atoms with E-state index in [2.05, 4.69) is 59.6 Å². The van der Waals surface area contributed by atoms with Gasteiger partial charge in [0.15, 0.2) is 12.3 Å². The summed E-state index contributed by atoms with van der Waals surface area (Å²) in [5.74, 6) is -0.504. The lowest BCUT2D eigenvalue weighted by Crippen LogP contribution is -2.36. The summed E-state index contributed by atoms with van der Waals surface area (Å²) in [4.78, 5) is 62.1. The molecule has 2 rings (SSSR count). The van der Waals surface area contributed by atoms with Gasteiger partial charge in [0.2, 0.25) is 0 Å². The Balaban J connectivity index is 1.76. The van der Waals surface area contributed by atoms with Gasteiger partial charge >= 0.3 is 33.3 Å². The van der Waals surface area contributed by atoms with Crippen LogP contribution in [0.25, 0.3) is 0 Å². The molecule has 78 heavy (non-hydrogen) atoms. The number of rotatable bonds is 49. The molecule has 2 heterocycles. The summed E-state index contributed by atoms with van der Waals surface area (Å²) in [5.41, 5.74) is 4.59. The van der Waals surface area contributed by atoms with Gasteiger partial charge in [-0.2, -0.15) is 9.29 Å². The Morgan fingerprint density at radius 3 is 1.71 bits per heavy atom. The minimum Gasteiger partial charge on any atom is -0.462 e. The smallest absolute Gasteiger partial charge is 0.462 e. The predicted octanol–water partition coefficient (Wildman–Crippen LogP) is 12.1. The number of ether oxygens (including phenoxy) is 3. The molecule has 0 radical (unpaired) electrons. The van der Waals surface area contributed by atoms with Crippen LogP contribution in [0.3, 0.4) is 0 Å². The average molecular weight is 1140 g/mol. The van der Waals surface area contributed by atoms with Crippen LogP contribution in [-0.4, -0.2) is 97.4 Å². The Kier molecular flexibility index (Phi) is 40.2. The fourth-order valence-corrected chi connectivity index (χ4v) is 10.7. The fourth-order valence-electron chi connectivity index (χ4n) is 8.62. The van der Waals surface area contributed by atoms with Crippen molar-refractivity contribution in [3.8, 4) is 0 Å². The largest absolute Gasteiger partial charge is 0.481 e. The standard InChI is InChI=1S/C57H99N3O16P2/c1-3-48(2)39-35-31-27-23-19-15-11-7-4-5-8-13-17-21-25-29-33-37-41-53(63)74-49(45-71-52(62)40-36-32-28-24-20-16-12-9-6-10-14-18-22-26-30-34-38-44-61)46-72-77(67,68)76-78(69,70)73-47-50-54(64)55(65)56(75-50)60-43-42-51(58)59-57(60)66/h6,10,12,16,18,22,24,28,42-43,48-50,54-56,61,64-65H,3-5,7-9,11,13-15,17,19-21,23,25-27,29-41,44-47H2,1-2H3,(H,67,68)(H,69,70)(H2,58,59,66)/b10-6-,16-12-,22-18-,28-24-/t48?,49-,50-,54-,55-,56-/m1/s1. The van der Waals surface area contributed by atoms with Gasteiger partial charge in [-0.1, -0.05) is 191 Å². The van der Waals surface area contributed by atoms with E-state index in [1.807, 2.05) is 12.2 Å². The van der Waals surface area contributed by atoms with Crippen LogP contribution in [0, 0.1) is 5.92 Å². The highest BCUT2D eigenvalue weighted by Crippen LogP contribution is 2.60. The van der Waals surface area contributed by atoms with Crippen molar-refractivity contribution in [2.45, 2.75) is 244 Å². The van der Waals surface area contributed by atoms with Crippen molar-refractivity contribution in [3.63, 3.8) is 0 Å². The van der Waals surface area contributed by atoms with Crippen molar-refractivity contribution in [2.75, 3.05) is 32.2 Å². The molecule has 1 aliphatic rings. The number of carbonyl (C=O) groups excluding carboxylic acids is 2. The van der Waals surface area contributed by atoms with E-state index in [9.17, 15) is 43.5 Å². The topological polar surface area (TPSA) is 286 Å². The molecule has 1 saturated heterocycles. The quantitative estimate of drug-likeness (QED) is 0.0153. The third-order valence-corrected chi connectivity index (χ3v) is 16.1. The summed E-state index contributed by atoms with van der Waals surface area (Å²) in [6.45, 7) is 2.52. The first-order valence-electron chi connectivity index (χ1n) is 29.2. The molecule has 0 aromatic carbocycles. The van der Waals surface area contributed by atoms with Gasteiger partial charge in [-0.25, -0.2) is 13.9 Å². The molecule has 19 nitrogen and oxygen atoms in total. The van der Waals surface area contributed by atoms with Crippen molar-refractivity contribution in [3.05, 3.63) is 71.4 Å². The van der Waals surface area contributed by atoms with E-state index in [4.69, 9.17) is 34.1 Å². The normalized spacial score (nSPS) is 19.3. The molecule has 448 valence electrons. The number of anilines is 1. The van der Waals surface area contributed by atoms with Crippen LogP contribution in [0.15, 0.2) is 65.7 Å². The number of carbonyl (C=O) groups is 2. The molecule has 8 atom stereocenters. The number of aliphatic hydroxyl groups excluding tert-OH is 3. The number of phosphoric ester groups is 2. The number of esters is 2. The number of hydrogen-bond donors (Lipinski definition) is 6. The highest BCUT2D eigenvalue weighted by Gasteiger charge is 2.46. The highest BCUT2D eigenvalue weighted by molar-refractivity contribution is 7.61. The number of nitrogen functional groups attached to an aromatic ring is 1. The SMILES string of the molecule is CCC(C)CCCCCCCCCCCCCCCCCCCCC(=O)O[C@H](COC(=O)CCC/C=C\C/C=C\C/C=C\C/C=C\CCCCCO)COP(=O)(O)OP(=O)(O)OC[C@H]1O[C@@H](n2ccc(N)nc2=O)[C@H](O)[C@@H]1O. The van der Waals surface area contributed by atoms with Gasteiger partial charge in [0.05, 0.1) is 13.2 Å². The lowest BCUT2D eigenvalue weighted by Gasteiger charge is -2.21. The fraction of sp³-hybridized carbons (Fsp3) is 0.754. The first-order chi connectivity index (χ1) is 37.6. The maximum atomic E-state index is 12.9. The van der Waals surface area contributed by atoms with Crippen LogP contribution < -0.4 is 11.4 Å². The molecule has 21 heteroatoms. The predicted molar refractivity (Wildman–Crippen MR) is 304 cm³/mol. The Morgan fingerprint density at radius 2 is 1.17 bits per heavy atom. The number of nitrogens with two attached hydrogens (primary N) is 1. The van der Waals surface area contributed by atoms with Crippen molar-refractivity contribution in [1.29, 1.82) is 0 Å². The van der Waals surface area contributed by atoms with Crippen LogP contribution >= 0.6 is 15.6 Å². The lowest BCUT2D eigenvalue weighted by molar-refractivity contribution is -0.161. The molecule has 7 N–H and O–H groups in total. The minimum absolute atomic E-state index is 0.0352. The van der Waals surface area contributed by atoms with E-state index in [-0.39, 0.29) is 25.3 Å². The molecular weight excluding hydrogens is 1040 g/mol. The number of phosphoric acid groups is 2. The number of aromatic nitrogens is 2. The summed E-state index contributed by atoms with van der Waals surface area (Å²) in [6.07, 6.45) is 42.0. The van der Waals surface area contributed by atoms with Gasteiger partial charge in [-0.3, -0.25) is 23.2 Å². The first-order valence-corrected chi connectivity index (χ1v) is 32.1. The molecule has 1 aromatic rings. The Labute approximate surface area is 465 Å². The van der Waals surface area contributed by atoms with Crippen LogP contribution in [0.2, 0.25) is 0 Å². The second kappa shape index (κ2) is 44.3. The minimum atomic E-state index is -5.44. The molecular formula is C57H99N3O16P2. The number of unbranched alkanes of at least 4 members (excludes halogenated alkanes) is 21. The summed E-state index contributed by atoms with van der Waals surface area (Å²) < 4.78 is 56.9. The van der Waals surface area contributed by atoms with E-state index in [1.165, 1.54) is 102 Å². The van der Waals surface area contributed by atoms with Crippen LogP contribution in [0.1, 0.15) is 219 Å². The Hall–Kier alpha value is -3.32. The zero-order valence-corrected chi connectivity index (χ0v) is 48.9. The Morgan fingerprint density at radius 1 is 0.679 bits per heavy atom. The summed E-state index contributed by atoms with van der Waals surface area (Å²) >= 11 is 0. The number of nitrogens with zero attached hydrogens (tertiary/aromatic N) is 2. The summed E-state index contributed by atoms with van der Waals surface area (Å²) in [5, 5.41) is 29.8. The average Bonchev–Trinajstić information content (AvgIpc) is 3.68. The van der Waals surface area contributed by atoms with E-state index in [0.29, 0.717) is 19.3 Å².